The number of aromatic nitrogens is 2. The largest absolute Gasteiger partial charge is 0.338 e. The first-order chi connectivity index (χ1) is 9.08. The first kappa shape index (κ1) is 12.2. The van der Waals surface area contributed by atoms with Gasteiger partial charge in [-0.2, -0.15) is 0 Å². The van der Waals surface area contributed by atoms with Crippen LogP contribution in [0.4, 0.5) is 13.2 Å². The second-order valence-electron chi connectivity index (χ2n) is 3.94. The summed E-state index contributed by atoms with van der Waals surface area (Å²) in [4.78, 5) is 6.81. The van der Waals surface area contributed by atoms with Crippen LogP contribution in [0.2, 0.25) is 0 Å². The Morgan fingerprint density at radius 2 is 1.79 bits per heavy atom. The monoisotopic (exact) mass is 326 g/mol. The van der Waals surface area contributed by atoms with Crippen LogP contribution >= 0.6 is 15.9 Å². The van der Waals surface area contributed by atoms with Crippen molar-refractivity contribution in [3.05, 3.63) is 52.3 Å². The molecule has 0 radical (unpaired) electrons. The quantitative estimate of drug-likeness (QED) is 0.705. The van der Waals surface area contributed by atoms with Crippen LogP contribution in [0.15, 0.2) is 34.8 Å². The summed E-state index contributed by atoms with van der Waals surface area (Å²) in [5.74, 6) is -2.17. The molecule has 0 aliphatic rings. The van der Waals surface area contributed by atoms with Gasteiger partial charge in [-0.15, -0.1) is 0 Å². The Labute approximate surface area is 114 Å². The van der Waals surface area contributed by atoms with Crippen LogP contribution in [0.3, 0.4) is 0 Å². The third kappa shape index (κ3) is 1.92. The van der Waals surface area contributed by atoms with Crippen LogP contribution in [0, 0.1) is 17.5 Å². The van der Waals surface area contributed by atoms with Crippen molar-refractivity contribution in [1.29, 1.82) is 0 Å². The predicted octanol–water partition coefficient (Wildman–Crippen LogP) is 4.41. The molecule has 0 atom stereocenters. The van der Waals surface area contributed by atoms with Crippen molar-refractivity contribution >= 4 is 27.0 Å². The molecular formula is C13H6BrF3N2. The van der Waals surface area contributed by atoms with Crippen LogP contribution < -0.4 is 0 Å². The fourth-order valence-electron chi connectivity index (χ4n) is 1.83. The van der Waals surface area contributed by atoms with E-state index in [1.807, 2.05) is 0 Å². The molecule has 0 aliphatic carbocycles. The molecule has 1 aromatic heterocycles. The summed E-state index contributed by atoms with van der Waals surface area (Å²) in [6.07, 6.45) is 0. The summed E-state index contributed by atoms with van der Waals surface area (Å²) in [5, 5.41) is 0. The van der Waals surface area contributed by atoms with Gasteiger partial charge in [-0.05, 0) is 40.2 Å². The summed E-state index contributed by atoms with van der Waals surface area (Å²) < 4.78 is 40.3. The number of fused-ring (bicyclic) bond motifs is 1. The maximum atomic E-state index is 13.6. The number of rotatable bonds is 1. The Balaban J connectivity index is 2.27. The summed E-state index contributed by atoms with van der Waals surface area (Å²) in [6, 6.07) is 6.83. The molecule has 0 saturated heterocycles. The fraction of sp³-hybridized carbons (Fsp3) is 0. The lowest BCUT2D eigenvalue weighted by molar-refractivity contribution is 0.515. The summed E-state index contributed by atoms with van der Waals surface area (Å²) in [7, 11) is 0. The number of aromatic amines is 1. The van der Waals surface area contributed by atoms with Gasteiger partial charge in [-0.25, -0.2) is 18.2 Å². The van der Waals surface area contributed by atoms with E-state index in [0.29, 0.717) is 11.1 Å². The average Bonchev–Trinajstić information content (AvgIpc) is 2.82. The molecule has 3 aromatic rings. The molecule has 0 amide bonds. The predicted molar refractivity (Wildman–Crippen MR) is 69.1 cm³/mol. The van der Waals surface area contributed by atoms with Gasteiger partial charge < -0.3 is 4.98 Å². The van der Waals surface area contributed by atoms with Crippen molar-refractivity contribution in [1.82, 2.24) is 9.97 Å². The lowest BCUT2D eigenvalue weighted by Crippen LogP contribution is -1.86. The van der Waals surface area contributed by atoms with E-state index in [9.17, 15) is 13.2 Å². The minimum atomic E-state index is -1.02. The van der Waals surface area contributed by atoms with Gasteiger partial charge in [0.05, 0.1) is 9.99 Å². The lowest BCUT2D eigenvalue weighted by atomic mass is 10.2. The van der Waals surface area contributed by atoms with E-state index in [1.165, 1.54) is 18.2 Å². The molecule has 1 heterocycles. The van der Waals surface area contributed by atoms with E-state index in [2.05, 4.69) is 25.9 Å². The molecule has 0 saturated carbocycles. The van der Waals surface area contributed by atoms with Crippen LogP contribution in [0.5, 0.6) is 0 Å². The summed E-state index contributed by atoms with van der Waals surface area (Å²) in [6.45, 7) is 0. The highest BCUT2D eigenvalue weighted by molar-refractivity contribution is 9.10. The zero-order valence-electron chi connectivity index (χ0n) is 9.35. The van der Waals surface area contributed by atoms with Crippen LogP contribution in [0.1, 0.15) is 0 Å². The molecule has 96 valence electrons. The molecule has 0 bridgehead atoms. The Morgan fingerprint density at radius 1 is 1.00 bits per heavy atom. The molecule has 6 heteroatoms. The lowest BCUT2D eigenvalue weighted by Gasteiger charge is -2.00. The van der Waals surface area contributed by atoms with Gasteiger partial charge >= 0.3 is 0 Å². The van der Waals surface area contributed by atoms with Gasteiger partial charge in [-0.1, -0.05) is 6.07 Å². The van der Waals surface area contributed by atoms with Crippen molar-refractivity contribution in [2.45, 2.75) is 0 Å². The number of nitrogens with zero attached hydrogens (tertiary/aromatic N) is 1. The number of benzene rings is 2. The van der Waals surface area contributed by atoms with E-state index in [4.69, 9.17) is 0 Å². The van der Waals surface area contributed by atoms with Gasteiger partial charge in [0.25, 0.3) is 0 Å². The average molecular weight is 327 g/mol. The van der Waals surface area contributed by atoms with Crippen LogP contribution in [-0.4, -0.2) is 9.97 Å². The number of nitrogens with one attached hydrogen (secondary N) is 1. The van der Waals surface area contributed by atoms with Crippen molar-refractivity contribution in [2.24, 2.45) is 0 Å². The number of H-pyrrole nitrogens is 1. The molecule has 2 aromatic carbocycles. The van der Waals surface area contributed by atoms with E-state index >= 15 is 0 Å². The van der Waals surface area contributed by atoms with Crippen molar-refractivity contribution in [3.63, 3.8) is 0 Å². The minimum Gasteiger partial charge on any atom is -0.338 e. The van der Waals surface area contributed by atoms with Crippen molar-refractivity contribution < 1.29 is 13.2 Å². The summed E-state index contributed by atoms with van der Waals surface area (Å²) >= 11 is 3.10. The van der Waals surface area contributed by atoms with E-state index in [1.54, 1.807) is 6.07 Å². The third-order valence-electron chi connectivity index (χ3n) is 2.75. The zero-order valence-corrected chi connectivity index (χ0v) is 10.9. The van der Waals surface area contributed by atoms with Crippen LogP contribution in [-0.2, 0) is 0 Å². The minimum absolute atomic E-state index is 0.105. The SMILES string of the molecule is Fc1cccc(-c2nc3c(F)c(F)ccc3[nH]2)c1Br. The Kier molecular flexibility index (Phi) is 2.82. The van der Waals surface area contributed by atoms with Crippen molar-refractivity contribution in [3.8, 4) is 11.4 Å². The molecule has 0 aliphatic heterocycles. The molecule has 0 spiro atoms. The third-order valence-corrected chi connectivity index (χ3v) is 3.56. The number of hydrogen-bond donors (Lipinski definition) is 1. The summed E-state index contributed by atoms with van der Waals surface area (Å²) in [5.41, 5.74) is 0.687. The fourth-order valence-corrected chi connectivity index (χ4v) is 2.28. The van der Waals surface area contributed by atoms with Gasteiger partial charge in [0.15, 0.2) is 11.6 Å². The van der Waals surface area contributed by atoms with Crippen molar-refractivity contribution in [2.75, 3.05) is 0 Å². The van der Waals surface area contributed by atoms with Gasteiger partial charge in [0.2, 0.25) is 0 Å². The Bertz CT molecular complexity index is 783. The molecule has 19 heavy (non-hydrogen) atoms. The molecule has 0 unspecified atom stereocenters. The van der Waals surface area contributed by atoms with Gasteiger partial charge in [-0.3, -0.25) is 0 Å². The van der Waals surface area contributed by atoms with E-state index in [-0.39, 0.29) is 15.8 Å². The Hall–Kier alpha value is -1.82. The standard InChI is InChI=1S/C13H6BrF3N2/c14-10-6(2-1-3-7(10)15)13-18-9-5-4-8(16)11(17)12(9)19-13/h1-5H,(H,18,19). The molecule has 3 rings (SSSR count). The second kappa shape index (κ2) is 4.38. The second-order valence-corrected chi connectivity index (χ2v) is 4.74. The first-order valence-corrected chi connectivity index (χ1v) is 6.15. The van der Waals surface area contributed by atoms with Gasteiger partial charge in [0.1, 0.15) is 17.2 Å². The van der Waals surface area contributed by atoms with Gasteiger partial charge in [0, 0.05) is 5.56 Å². The number of halogens is 4. The highest BCUT2D eigenvalue weighted by Gasteiger charge is 2.15. The zero-order chi connectivity index (χ0) is 13.6. The molecule has 1 N–H and O–H groups in total. The highest BCUT2D eigenvalue weighted by Crippen LogP contribution is 2.30. The maximum absolute atomic E-state index is 13.6. The highest BCUT2D eigenvalue weighted by atomic mass is 79.9. The first-order valence-electron chi connectivity index (χ1n) is 5.36. The normalized spacial score (nSPS) is 11.2. The Morgan fingerprint density at radius 3 is 2.58 bits per heavy atom. The van der Waals surface area contributed by atoms with Crippen LogP contribution in [0.25, 0.3) is 22.4 Å². The smallest absolute Gasteiger partial charge is 0.186 e. The number of imidazole rings is 1. The molecule has 0 fully saturated rings. The molecular weight excluding hydrogens is 321 g/mol. The maximum Gasteiger partial charge on any atom is 0.186 e. The number of hydrogen-bond acceptors (Lipinski definition) is 1. The topological polar surface area (TPSA) is 28.7 Å². The molecule has 2 nitrogen and oxygen atoms in total. The van der Waals surface area contributed by atoms with E-state index in [0.717, 1.165) is 6.07 Å². The van der Waals surface area contributed by atoms with E-state index < -0.39 is 17.5 Å².